The van der Waals surface area contributed by atoms with Crippen molar-refractivity contribution in [3.8, 4) is 11.4 Å². The summed E-state index contributed by atoms with van der Waals surface area (Å²) in [6.07, 6.45) is 1.72. The molecule has 40 heavy (non-hydrogen) atoms. The average molecular weight is 601 g/mol. The third-order valence-electron chi connectivity index (χ3n) is 6.79. The monoisotopic (exact) mass is 599 g/mol. The van der Waals surface area contributed by atoms with Crippen LogP contribution in [-0.4, -0.2) is 64.3 Å². The molecule has 2 fully saturated rings. The van der Waals surface area contributed by atoms with Gasteiger partial charge in [-0.2, -0.15) is 0 Å². The van der Waals surface area contributed by atoms with Crippen LogP contribution < -0.4 is 4.74 Å². The van der Waals surface area contributed by atoms with Crippen LogP contribution in [0.15, 0.2) is 53.4 Å². The summed E-state index contributed by atoms with van der Waals surface area (Å²) >= 11 is 13.1. The van der Waals surface area contributed by atoms with Gasteiger partial charge in [-0.15, -0.1) is 0 Å². The van der Waals surface area contributed by atoms with E-state index in [2.05, 4.69) is 4.57 Å². The van der Waals surface area contributed by atoms with Crippen LogP contribution in [0.1, 0.15) is 22.5 Å². The first-order valence-corrected chi connectivity index (χ1v) is 14.3. The second kappa shape index (κ2) is 12.1. The molecule has 3 aromatic rings. The number of amides is 3. The van der Waals surface area contributed by atoms with Crippen LogP contribution in [0.2, 0.25) is 10.0 Å². The predicted molar refractivity (Wildman–Crippen MR) is 156 cm³/mol. The van der Waals surface area contributed by atoms with Crippen LogP contribution in [0.4, 0.5) is 4.79 Å². The third-order valence-corrected chi connectivity index (χ3v) is 8.29. The molecule has 3 amide bonds. The summed E-state index contributed by atoms with van der Waals surface area (Å²) in [5.74, 6) is -0.0184. The normalized spacial score (nSPS) is 16.8. The number of hydrogen-bond acceptors (Lipinski definition) is 6. The molecular formula is C29H27Cl2N3O5S. The van der Waals surface area contributed by atoms with E-state index in [0.717, 1.165) is 44.9 Å². The van der Waals surface area contributed by atoms with E-state index in [-0.39, 0.29) is 12.5 Å². The lowest BCUT2D eigenvalue weighted by molar-refractivity contribution is -0.139. The molecule has 1 aromatic heterocycles. The quantitative estimate of drug-likeness (QED) is 0.316. The van der Waals surface area contributed by atoms with Crippen molar-refractivity contribution in [2.75, 3.05) is 32.8 Å². The van der Waals surface area contributed by atoms with Gasteiger partial charge in [0.15, 0.2) is 0 Å². The van der Waals surface area contributed by atoms with E-state index in [1.807, 2.05) is 50.2 Å². The molecule has 2 aliphatic rings. The number of morpholine rings is 1. The number of carbonyl (C=O) groups excluding carboxylic acids is 3. The van der Waals surface area contributed by atoms with E-state index in [9.17, 15) is 14.4 Å². The van der Waals surface area contributed by atoms with Crippen LogP contribution in [-0.2, 0) is 20.9 Å². The third kappa shape index (κ3) is 6.07. The fourth-order valence-corrected chi connectivity index (χ4v) is 5.94. The lowest BCUT2D eigenvalue weighted by Gasteiger charge is -2.28. The van der Waals surface area contributed by atoms with Gasteiger partial charge in [0.1, 0.15) is 18.9 Å². The van der Waals surface area contributed by atoms with E-state index < -0.39 is 11.1 Å². The molecule has 0 aliphatic carbocycles. The van der Waals surface area contributed by atoms with Crippen LogP contribution in [0.3, 0.4) is 0 Å². The van der Waals surface area contributed by atoms with Gasteiger partial charge >= 0.3 is 0 Å². The Morgan fingerprint density at radius 3 is 2.48 bits per heavy atom. The fraction of sp³-hybridized carbons (Fsp3) is 0.276. The zero-order valence-corrected chi connectivity index (χ0v) is 24.3. The summed E-state index contributed by atoms with van der Waals surface area (Å²) in [4.78, 5) is 41.2. The maximum atomic E-state index is 13.0. The Hall–Kier alpha value is -3.24. The van der Waals surface area contributed by atoms with E-state index in [4.69, 9.17) is 32.7 Å². The van der Waals surface area contributed by atoms with E-state index >= 15 is 0 Å². The highest BCUT2D eigenvalue weighted by Crippen LogP contribution is 2.34. The minimum atomic E-state index is -0.455. The number of nitrogens with zero attached hydrogens (tertiary/aromatic N) is 3. The average Bonchev–Trinajstić information content (AvgIpc) is 3.37. The van der Waals surface area contributed by atoms with Crippen molar-refractivity contribution >= 4 is 58.1 Å². The second-order valence-corrected chi connectivity index (χ2v) is 11.3. The number of benzene rings is 2. The number of rotatable bonds is 7. The number of carbonyl (C=O) groups is 3. The second-order valence-electron chi connectivity index (χ2n) is 9.44. The highest BCUT2D eigenvalue weighted by Gasteiger charge is 2.37. The van der Waals surface area contributed by atoms with Crippen molar-refractivity contribution in [1.82, 2.24) is 14.4 Å². The minimum absolute atomic E-state index is 0.256. The van der Waals surface area contributed by atoms with Gasteiger partial charge in [-0.3, -0.25) is 19.3 Å². The number of ether oxygens (including phenoxy) is 2. The summed E-state index contributed by atoms with van der Waals surface area (Å²) in [5, 5.41) is 0.684. The van der Waals surface area contributed by atoms with Crippen LogP contribution in [0.25, 0.3) is 11.8 Å². The van der Waals surface area contributed by atoms with Crippen LogP contribution >= 0.6 is 35.0 Å². The summed E-state index contributed by atoms with van der Waals surface area (Å²) in [5.41, 5.74) is 4.46. The summed E-state index contributed by atoms with van der Waals surface area (Å²) in [7, 11) is 0. The van der Waals surface area contributed by atoms with E-state index in [1.165, 1.54) is 0 Å². The molecule has 2 saturated heterocycles. The highest BCUT2D eigenvalue weighted by molar-refractivity contribution is 8.18. The molecule has 0 saturated carbocycles. The fourth-order valence-electron chi connectivity index (χ4n) is 4.65. The van der Waals surface area contributed by atoms with Crippen molar-refractivity contribution in [3.05, 3.63) is 86.0 Å². The standard InChI is InChI=1S/C29H27Cl2N3O5S/c1-18-13-21(14-26-28(36)33(29(37)40-26)16-27(35)32-9-11-38-12-10-32)19(2)34(18)23-5-7-24(8-6-23)39-17-20-3-4-22(30)15-25(20)31/h3-8,13-15H,9-12,16-17H2,1-2H3/b26-14+. The van der Waals surface area contributed by atoms with Crippen molar-refractivity contribution in [1.29, 1.82) is 0 Å². The van der Waals surface area contributed by atoms with Gasteiger partial charge in [0.25, 0.3) is 11.1 Å². The topological polar surface area (TPSA) is 81.1 Å². The van der Waals surface area contributed by atoms with Gasteiger partial charge in [-0.25, -0.2) is 0 Å². The number of imide groups is 1. The predicted octanol–water partition coefficient (Wildman–Crippen LogP) is 5.88. The molecule has 8 nitrogen and oxygen atoms in total. The number of aryl methyl sites for hydroxylation is 1. The first-order valence-electron chi connectivity index (χ1n) is 12.7. The minimum Gasteiger partial charge on any atom is -0.489 e. The zero-order valence-electron chi connectivity index (χ0n) is 22.0. The number of halogens is 2. The van der Waals surface area contributed by atoms with Crippen molar-refractivity contribution < 1.29 is 23.9 Å². The maximum Gasteiger partial charge on any atom is 0.294 e. The Morgan fingerprint density at radius 2 is 1.77 bits per heavy atom. The molecule has 0 bridgehead atoms. The van der Waals surface area contributed by atoms with Crippen molar-refractivity contribution in [2.45, 2.75) is 20.5 Å². The van der Waals surface area contributed by atoms with Gasteiger partial charge in [0, 0.05) is 45.8 Å². The van der Waals surface area contributed by atoms with Crippen molar-refractivity contribution in [3.63, 3.8) is 0 Å². The molecule has 5 rings (SSSR count). The largest absolute Gasteiger partial charge is 0.489 e. The Balaban J connectivity index is 1.28. The molecule has 2 aromatic carbocycles. The molecule has 2 aliphatic heterocycles. The number of aromatic nitrogens is 1. The van der Waals surface area contributed by atoms with E-state index in [1.54, 1.807) is 23.1 Å². The molecule has 0 unspecified atom stereocenters. The highest BCUT2D eigenvalue weighted by atomic mass is 35.5. The Kier molecular flexibility index (Phi) is 8.56. The maximum absolute atomic E-state index is 13.0. The Labute approximate surface area is 246 Å². The zero-order chi connectivity index (χ0) is 28.4. The molecule has 3 heterocycles. The van der Waals surface area contributed by atoms with Crippen LogP contribution in [0.5, 0.6) is 5.75 Å². The molecule has 0 atom stereocenters. The molecular weight excluding hydrogens is 573 g/mol. The first kappa shape index (κ1) is 28.3. The Bertz CT molecular complexity index is 1500. The molecule has 0 N–H and O–H groups in total. The van der Waals surface area contributed by atoms with Gasteiger partial charge in [0.05, 0.1) is 18.1 Å². The summed E-state index contributed by atoms with van der Waals surface area (Å²) < 4.78 is 13.2. The molecule has 0 spiro atoms. The van der Waals surface area contributed by atoms with Gasteiger partial charge in [-0.1, -0.05) is 29.3 Å². The molecule has 0 radical (unpaired) electrons. The Morgan fingerprint density at radius 1 is 1.05 bits per heavy atom. The molecule has 11 heteroatoms. The summed E-state index contributed by atoms with van der Waals surface area (Å²) in [6, 6.07) is 14.9. The van der Waals surface area contributed by atoms with Crippen molar-refractivity contribution in [2.24, 2.45) is 0 Å². The number of thioether (sulfide) groups is 1. The lowest BCUT2D eigenvalue weighted by atomic mass is 10.2. The SMILES string of the molecule is Cc1cc(/C=C2/SC(=O)N(CC(=O)N3CCOCC3)C2=O)c(C)n1-c1ccc(OCc2ccc(Cl)cc2Cl)cc1. The molecule has 208 valence electrons. The van der Waals surface area contributed by atoms with Gasteiger partial charge in [-0.05, 0) is 79.7 Å². The van der Waals surface area contributed by atoms with Gasteiger partial charge < -0.3 is 18.9 Å². The lowest BCUT2D eigenvalue weighted by Crippen LogP contribution is -2.46. The summed E-state index contributed by atoms with van der Waals surface area (Å²) in [6.45, 7) is 5.81. The van der Waals surface area contributed by atoms with Gasteiger partial charge in [0.2, 0.25) is 5.91 Å². The number of hydrogen-bond donors (Lipinski definition) is 0. The smallest absolute Gasteiger partial charge is 0.294 e. The first-order chi connectivity index (χ1) is 19.2. The van der Waals surface area contributed by atoms with Crippen LogP contribution in [0, 0.1) is 13.8 Å². The van der Waals surface area contributed by atoms with E-state index in [0.29, 0.717) is 53.6 Å².